The van der Waals surface area contributed by atoms with Crippen LogP contribution in [-0.4, -0.2) is 32.8 Å². The number of aromatic nitrogens is 1. The number of benzene rings is 1. The first-order valence-electron chi connectivity index (χ1n) is 7.57. The minimum Gasteiger partial charge on any atom is -0.497 e. The molecule has 1 atom stereocenters. The van der Waals surface area contributed by atoms with Crippen LogP contribution in [0.3, 0.4) is 0 Å². The van der Waals surface area contributed by atoms with Crippen LogP contribution in [0.4, 0.5) is 5.82 Å². The molecule has 0 N–H and O–H groups in total. The van der Waals surface area contributed by atoms with Gasteiger partial charge in [-0.3, -0.25) is 0 Å². The van der Waals surface area contributed by atoms with Gasteiger partial charge in [-0.25, -0.2) is 4.98 Å². The zero-order chi connectivity index (χ0) is 15.5. The van der Waals surface area contributed by atoms with Crippen molar-refractivity contribution in [2.45, 2.75) is 12.8 Å². The second kappa shape index (κ2) is 6.26. The van der Waals surface area contributed by atoms with E-state index in [1.165, 1.54) is 11.1 Å². The average Bonchev–Trinajstić information content (AvgIpc) is 2.55. The van der Waals surface area contributed by atoms with E-state index in [0.29, 0.717) is 5.92 Å². The van der Waals surface area contributed by atoms with Crippen LogP contribution in [0, 0.1) is 5.92 Å². The maximum atomic E-state index is 5.90. The number of fused-ring (bicyclic) bond motifs is 1. The Hall–Kier alpha value is -2.23. The second-order valence-corrected chi connectivity index (χ2v) is 5.98. The summed E-state index contributed by atoms with van der Waals surface area (Å²) >= 11 is 0. The molecule has 116 valence electrons. The molecule has 0 spiro atoms. The molecule has 2 aromatic rings. The number of nitrogens with zero attached hydrogens (tertiary/aromatic N) is 2. The van der Waals surface area contributed by atoms with Gasteiger partial charge in [0.15, 0.2) is 0 Å². The maximum Gasteiger partial charge on any atom is 0.127 e. The van der Waals surface area contributed by atoms with E-state index in [4.69, 9.17) is 9.47 Å². The Labute approximate surface area is 131 Å². The van der Waals surface area contributed by atoms with Crippen molar-refractivity contribution in [3.05, 3.63) is 47.7 Å². The van der Waals surface area contributed by atoms with Gasteiger partial charge in [0.2, 0.25) is 0 Å². The summed E-state index contributed by atoms with van der Waals surface area (Å²) in [7, 11) is 5.68. The van der Waals surface area contributed by atoms with Gasteiger partial charge in [0, 0.05) is 32.3 Å². The Morgan fingerprint density at radius 2 is 2.14 bits per heavy atom. The predicted molar refractivity (Wildman–Crippen MR) is 88.0 cm³/mol. The number of rotatable bonds is 4. The minimum atomic E-state index is 0.493. The van der Waals surface area contributed by atoms with Crippen molar-refractivity contribution in [2.24, 2.45) is 5.92 Å². The van der Waals surface area contributed by atoms with Crippen LogP contribution < -0.4 is 14.4 Å². The number of methoxy groups -OCH3 is 1. The molecule has 1 aromatic heterocycles. The number of anilines is 1. The maximum absolute atomic E-state index is 5.90. The van der Waals surface area contributed by atoms with Crippen molar-refractivity contribution in [2.75, 3.05) is 32.7 Å². The molecule has 0 saturated heterocycles. The molecule has 4 heteroatoms. The van der Waals surface area contributed by atoms with Gasteiger partial charge in [-0.15, -0.1) is 0 Å². The quantitative estimate of drug-likeness (QED) is 0.869. The van der Waals surface area contributed by atoms with E-state index in [2.05, 4.69) is 23.2 Å². The summed E-state index contributed by atoms with van der Waals surface area (Å²) in [5, 5.41) is 0. The van der Waals surface area contributed by atoms with Crippen LogP contribution in [-0.2, 0) is 12.8 Å². The van der Waals surface area contributed by atoms with Crippen molar-refractivity contribution in [3.8, 4) is 11.5 Å². The Morgan fingerprint density at radius 3 is 2.82 bits per heavy atom. The van der Waals surface area contributed by atoms with Crippen molar-refractivity contribution < 1.29 is 9.47 Å². The lowest BCUT2D eigenvalue weighted by molar-refractivity contribution is 0.220. The molecular weight excluding hydrogens is 276 g/mol. The van der Waals surface area contributed by atoms with Gasteiger partial charge in [-0.05, 0) is 36.1 Å². The molecule has 3 rings (SSSR count). The van der Waals surface area contributed by atoms with E-state index in [1.807, 2.05) is 37.3 Å². The number of hydrogen-bond donors (Lipinski definition) is 0. The van der Waals surface area contributed by atoms with Crippen molar-refractivity contribution >= 4 is 5.82 Å². The van der Waals surface area contributed by atoms with Gasteiger partial charge in [0.1, 0.15) is 17.3 Å². The lowest BCUT2D eigenvalue weighted by Gasteiger charge is -2.25. The molecule has 0 saturated carbocycles. The smallest absolute Gasteiger partial charge is 0.127 e. The molecule has 4 nitrogen and oxygen atoms in total. The van der Waals surface area contributed by atoms with Crippen molar-refractivity contribution in [1.82, 2.24) is 4.98 Å². The molecule has 2 heterocycles. The summed E-state index contributed by atoms with van der Waals surface area (Å²) in [5.41, 5.74) is 2.52. The van der Waals surface area contributed by atoms with Crippen LogP contribution in [0.2, 0.25) is 0 Å². The summed E-state index contributed by atoms with van der Waals surface area (Å²) in [6.45, 7) is 0.746. The monoisotopic (exact) mass is 298 g/mol. The number of pyridine rings is 1. The first-order chi connectivity index (χ1) is 10.7. The van der Waals surface area contributed by atoms with Gasteiger partial charge >= 0.3 is 0 Å². The normalized spacial score (nSPS) is 16.6. The Bertz CT molecular complexity index is 638. The van der Waals surface area contributed by atoms with Crippen LogP contribution in [0.15, 0.2) is 36.5 Å². The molecule has 1 aliphatic heterocycles. The third-order valence-corrected chi connectivity index (χ3v) is 4.05. The molecule has 0 fully saturated rings. The zero-order valence-electron chi connectivity index (χ0n) is 13.4. The third kappa shape index (κ3) is 3.16. The molecular formula is C18H22N2O2. The predicted octanol–water partition coefficient (Wildman–Crippen LogP) is 2.95. The Kier molecular flexibility index (Phi) is 4.18. The topological polar surface area (TPSA) is 34.6 Å². The van der Waals surface area contributed by atoms with Crippen molar-refractivity contribution in [3.63, 3.8) is 0 Å². The molecule has 0 unspecified atom stereocenters. The van der Waals surface area contributed by atoms with Crippen LogP contribution >= 0.6 is 0 Å². The van der Waals surface area contributed by atoms with E-state index >= 15 is 0 Å². The highest BCUT2D eigenvalue weighted by molar-refractivity contribution is 5.42. The van der Waals surface area contributed by atoms with E-state index in [0.717, 1.165) is 36.8 Å². The molecule has 1 aliphatic rings. The van der Waals surface area contributed by atoms with Crippen LogP contribution in [0.5, 0.6) is 11.5 Å². The average molecular weight is 298 g/mol. The first kappa shape index (κ1) is 14.7. The van der Waals surface area contributed by atoms with Gasteiger partial charge in [0.05, 0.1) is 13.7 Å². The second-order valence-electron chi connectivity index (χ2n) is 5.98. The molecule has 0 amide bonds. The summed E-state index contributed by atoms with van der Waals surface area (Å²) in [6, 6.07) is 10.3. The molecule has 0 bridgehead atoms. The summed E-state index contributed by atoms with van der Waals surface area (Å²) < 4.78 is 11.1. The van der Waals surface area contributed by atoms with Gasteiger partial charge < -0.3 is 14.4 Å². The first-order valence-corrected chi connectivity index (χ1v) is 7.57. The van der Waals surface area contributed by atoms with Crippen LogP contribution in [0.25, 0.3) is 0 Å². The number of hydrogen-bond acceptors (Lipinski definition) is 4. The highest BCUT2D eigenvalue weighted by Gasteiger charge is 2.20. The van der Waals surface area contributed by atoms with Gasteiger partial charge in [-0.2, -0.15) is 0 Å². The fourth-order valence-corrected chi connectivity index (χ4v) is 2.81. The summed E-state index contributed by atoms with van der Waals surface area (Å²) in [4.78, 5) is 6.49. The summed E-state index contributed by atoms with van der Waals surface area (Å²) in [5.74, 6) is 3.28. The van der Waals surface area contributed by atoms with E-state index in [1.54, 1.807) is 7.11 Å². The minimum absolute atomic E-state index is 0.493. The van der Waals surface area contributed by atoms with Crippen LogP contribution in [0.1, 0.15) is 11.1 Å². The molecule has 1 aromatic carbocycles. The Balaban J connectivity index is 1.67. The van der Waals surface area contributed by atoms with E-state index in [-0.39, 0.29) is 0 Å². The lowest BCUT2D eigenvalue weighted by Crippen LogP contribution is -2.23. The highest BCUT2D eigenvalue weighted by Crippen LogP contribution is 2.32. The molecule has 22 heavy (non-hydrogen) atoms. The Morgan fingerprint density at radius 1 is 1.27 bits per heavy atom. The molecule has 0 radical (unpaired) electrons. The van der Waals surface area contributed by atoms with E-state index in [9.17, 15) is 0 Å². The summed E-state index contributed by atoms with van der Waals surface area (Å²) in [6.07, 6.45) is 4.00. The van der Waals surface area contributed by atoms with Gasteiger partial charge in [-0.1, -0.05) is 12.1 Å². The lowest BCUT2D eigenvalue weighted by atomic mass is 9.91. The third-order valence-electron chi connectivity index (χ3n) is 4.05. The van der Waals surface area contributed by atoms with Gasteiger partial charge in [0.25, 0.3) is 0 Å². The highest BCUT2D eigenvalue weighted by atomic mass is 16.5. The fourth-order valence-electron chi connectivity index (χ4n) is 2.81. The number of ether oxygens (including phenoxy) is 2. The molecule has 0 aliphatic carbocycles. The largest absolute Gasteiger partial charge is 0.497 e. The SMILES string of the molecule is COc1ccc2c(c1)OC[C@H](Cc1ccc(N(C)C)nc1)C2. The standard InChI is InChI=1S/C18H22N2O2/c1-20(2)18-7-4-13(11-19-18)8-14-9-15-5-6-16(21-3)10-17(15)22-12-14/h4-7,10-11,14H,8-9,12H2,1-3H3/t14-/m1/s1. The van der Waals surface area contributed by atoms with Crippen molar-refractivity contribution in [1.29, 1.82) is 0 Å². The fraction of sp³-hybridized carbons (Fsp3) is 0.389. The van der Waals surface area contributed by atoms with E-state index < -0.39 is 0 Å². The zero-order valence-corrected chi connectivity index (χ0v) is 13.4.